The molecule has 8 nitrogen and oxygen atoms in total. The summed E-state index contributed by atoms with van der Waals surface area (Å²) < 4.78 is 0. The van der Waals surface area contributed by atoms with Crippen LogP contribution in [-0.4, -0.2) is 51.9 Å². The fourth-order valence-corrected chi connectivity index (χ4v) is 1.79. The van der Waals surface area contributed by atoms with Gasteiger partial charge in [-0.3, -0.25) is 4.79 Å². The first-order valence-electron chi connectivity index (χ1n) is 5.38. The van der Waals surface area contributed by atoms with Crippen LogP contribution in [0, 0.1) is 0 Å². The summed E-state index contributed by atoms with van der Waals surface area (Å²) in [5.41, 5.74) is 5.38. The summed E-state index contributed by atoms with van der Waals surface area (Å²) in [4.78, 5) is 22.8. The second kappa shape index (κ2) is 7.67. The summed E-state index contributed by atoms with van der Waals surface area (Å²) in [5.74, 6) is 0.436. The van der Waals surface area contributed by atoms with Crippen LogP contribution in [0.25, 0.3) is 0 Å². The third-order valence-electron chi connectivity index (χ3n) is 1.81. The van der Waals surface area contributed by atoms with Gasteiger partial charge < -0.3 is 21.5 Å². The zero-order valence-electron chi connectivity index (χ0n) is 10.0. The van der Waals surface area contributed by atoms with Crippen molar-refractivity contribution in [3.05, 3.63) is 0 Å². The second-order valence-corrected chi connectivity index (χ2v) is 4.28. The smallest absolute Gasteiger partial charge is 0.304 e. The van der Waals surface area contributed by atoms with Gasteiger partial charge in [0.1, 0.15) is 0 Å². The van der Waals surface area contributed by atoms with Crippen LogP contribution in [0.4, 0.5) is 11.9 Å². The van der Waals surface area contributed by atoms with Gasteiger partial charge in [0, 0.05) is 25.9 Å². The molecule has 0 aliphatic rings. The van der Waals surface area contributed by atoms with Gasteiger partial charge in [0.2, 0.25) is 11.9 Å². The number of thioether (sulfide) groups is 1. The van der Waals surface area contributed by atoms with Crippen LogP contribution in [0.1, 0.15) is 6.42 Å². The molecule has 0 atom stereocenters. The first kappa shape index (κ1) is 14.5. The molecule has 1 aromatic rings. The number of carboxylic acid groups (broad SMARTS) is 1. The van der Waals surface area contributed by atoms with Gasteiger partial charge in [-0.2, -0.15) is 15.0 Å². The number of rotatable bonds is 8. The summed E-state index contributed by atoms with van der Waals surface area (Å²) in [6.45, 7) is 1.04. The van der Waals surface area contributed by atoms with Crippen LogP contribution < -0.4 is 16.4 Å². The zero-order valence-corrected chi connectivity index (χ0v) is 10.8. The molecule has 1 heterocycles. The monoisotopic (exact) mass is 272 g/mol. The van der Waals surface area contributed by atoms with Crippen molar-refractivity contribution < 1.29 is 9.90 Å². The zero-order chi connectivity index (χ0) is 13.4. The van der Waals surface area contributed by atoms with Crippen molar-refractivity contribution in [2.24, 2.45) is 5.73 Å². The Balaban J connectivity index is 2.67. The molecule has 18 heavy (non-hydrogen) atoms. The lowest BCUT2D eigenvalue weighted by molar-refractivity contribution is -0.136. The van der Waals surface area contributed by atoms with E-state index in [0.29, 0.717) is 35.9 Å². The summed E-state index contributed by atoms with van der Waals surface area (Å²) in [6.07, 6.45) is 0.0663. The molecule has 100 valence electrons. The number of carboxylic acids is 1. The van der Waals surface area contributed by atoms with Crippen LogP contribution >= 0.6 is 11.8 Å². The molecule has 1 rings (SSSR count). The molecule has 5 N–H and O–H groups in total. The Morgan fingerprint density at radius 2 is 2.11 bits per heavy atom. The largest absolute Gasteiger partial charge is 0.481 e. The quantitative estimate of drug-likeness (QED) is 0.478. The van der Waals surface area contributed by atoms with Gasteiger partial charge in [-0.15, -0.1) is 0 Å². The number of aromatic nitrogens is 3. The van der Waals surface area contributed by atoms with Crippen LogP contribution in [0.3, 0.4) is 0 Å². The van der Waals surface area contributed by atoms with E-state index in [0.717, 1.165) is 0 Å². The Bertz CT molecular complexity index is 403. The molecular formula is C9H16N6O2S. The minimum atomic E-state index is -0.841. The predicted molar refractivity (Wildman–Crippen MR) is 69.9 cm³/mol. The van der Waals surface area contributed by atoms with Crippen molar-refractivity contribution in [2.45, 2.75) is 11.6 Å². The number of nitrogens with two attached hydrogens (primary N) is 1. The van der Waals surface area contributed by atoms with E-state index < -0.39 is 5.97 Å². The van der Waals surface area contributed by atoms with Crippen LogP contribution in [0.15, 0.2) is 5.16 Å². The van der Waals surface area contributed by atoms with Crippen molar-refractivity contribution in [2.75, 3.05) is 36.5 Å². The van der Waals surface area contributed by atoms with Gasteiger partial charge >= 0.3 is 5.97 Å². The molecule has 0 aromatic carbocycles. The minimum absolute atomic E-state index is 0.0663. The number of hydrogen-bond acceptors (Lipinski definition) is 8. The fourth-order valence-electron chi connectivity index (χ4n) is 1.03. The number of anilines is 2. The molecule has 0 aliphatic heterocycles. The maximum absolute atomic E-state index is 10.4. The Morgan fingerprint density at radius 3 is 2.72 bits per heavy atom. The van der Waals surface area contributed by atoms with Crippen molar-refractivity contribution in [1.29, 1.82) is 0 Å². The normalized spacial score (nSPS) is 10.1. The summed E-state index contributed by atoms with van der Waals surface area (Å²) in [6, 6.07) is 0. The Labute approximate surface area is 109 Å². The summed E-state index contributed by atoms with van der Waals surface area (Å²) >= 11 is 1.27. The third-order valence-corrected chi connectivity index (χ3v) is 2.66. The molecule has 0 saturated carbocycles. The van der Waals surface area contributed by atoms with Gasteiger partial charge in [0.25, 0.3) is 0 Å². The van der Waals surface area contributed by atoms with E-state index in [1.165, 1.54) is 11.8 Å². The molecule has 0 spiro atoms. The standard InChI is InChI=1S/C9H16N6O2S/c1-11-7-13-8(12-4-3-10)15-9(14-7)18-5-2-6(16)17/h2-5,10H2,1H3,(H,16,17)(H2,11,12,13,14,15). The second-order valence-electron chi connectivity index (χ2n) is 3.22. The highest BCUT2D eigenvalue weighted by Gasteiger charge is 2.06. The molecule has 0 fully saturated rings. The third kappa shape index (κ3) is 5.15. The SMILES string of the molecule is CNc1nc(NCCN)nc(SCCC(=O)O)n1. The van der Waals surface area contributed by atoms with Crippen molar-refractivity contribution in [3.63, 3.8) is 0 Å². The topological polar surface area (TPSA) is 126 Å². The van der Waals surface area contributed by atoms with E-state index in [1.54, 1.807) is 7.05 Å². The van der Waals surface area contributed by atoms with Crippen LogP contribution in [0.5, 0.6) is 0 Å². The number of nitrogens with one attached hydrogen (secondary N) is 2. The average molecular weight is 272 g/mol. The summed E-state index contributed by atoms with van der Waals surface area (Å²) in [7, 11) is 1.70. The average Bonchev–Trinajstić information content (AvgIpc) is 2.35. The molecule has 9 heteroatoms. The molecule has 0 aliphatic carbocycles. The van der Waals surface area contributed by atoms with Crippen molar-refractivity contribution in [3.8, 4) is 0 Å². The summed E-state index contributed by atoms with van der Waals surface area (Å²) in [5, 5.41) is 14.8. The lowest BCUT2D eigenvalue weighted by Gasteiger charge is -2.07. The van der Waals surface area contributed by atoms with E-state index in [1.807, 2.05) is 0 Å². The highest BCUT2D eigenvalue weighted by Crippen LogP contribution is 2.17. The minimum Gasteiger partial charge on any atom is -0.481 e. The van der Waals surface area contributed by atoms with Crippen molar-refractivity contribution >= 4 is 29.6 Å². The molecule has 0 saturated heterocycles. The molecule has 1 aromatic heterocycles. The maximum Gasteiger partial charge on any atom is 0.304 e. The molecule has 0 unspecified atom stereocenters. The van der Waals surface area contributed by atoms with Gasteiger partial charge in [-0.05, 0) is 0 Å². The van der Waals surface area contributed by atoms with Crippen LogP contribution in [0.2, 0.25) is 0 Å². The highest BCUT2D eigenvalue weighted by molar-refractivity contribution is 7.99. The van der Waals surface area contributed by atoms with Gasteiger partial charge in [-0.25, -0.2) is 0 Å². The Hall–Kier alpha value is -1.61. The number of nitrogens with zero attached hydrogens (tertiary/aromatic N) is 3. The predicted octanol–water partition coefficient (Wildman–Crippen LogP) is -0.149. The molecular weight excluding hydrogens is 256 g/mol. The van der Waals surface area contributed by atoms with Gasteiger partial charge in [0.15, 0.2) is 5.16 Å². The van der Waals surface area contributed by atoms with Gasteiger partial charge in [0.05, 0.1) is 6.42 Å². The lowest BCUT2D eigenvalue weighted by atomic mass is 10.5. The lowest BCUT2D eigenvalue weighted by Crippen LogP contribution is -2.16. The van der Waals surface area contributed by atoms with E-state index in [4.69, 9.17) is 10.8 Å². The van der Waals surface area contributed by atoms with Gasteiger partial charge in [-0.1, -0.05) is 11.8 Å². The first-order valence-corrected chi connectivity index (χ1v) is 6.36. The first-order chi connectivity index (χ1) is 8.65. The Kier molecular flexibility index (Phi) is 6.15. The van der Waals surface area contributed by atoms with E-state index in [2.05, 4.69) is 25.6 Å². The van der Waals surface area contributed by atoms with Crippen molar-refractivity contribution in [1.82, 2.24) is 15.0 Å². The number of hydrogen-bond donors (Lipinski definition) is 4. The molecule has 0 amide bonds. The Morgan fingerprint density at radius 1 is 1.39 bits per heavy atom. The molecule has 0 radical (unpaired) electrons. The maximum atomic E-state index is 10.4. The number of aliphatic carboxylic acids is 1. The van der Waals surface area contributed by atoms with Crippen LogP contribution in [-0.2, 0) is 4.79 Å². The fraction of sp³-hybridized carbons (Fsp3) is 0.556. The van der Waals surface area contributed by atoms with E-state index in [9.17, 15) is 4.79 Å². The van der Waals surface area contributed by atoms with E-state index in [-0.39, 0.29) is 6.42 Å². The number of carbonyl (C=O) groups is 1. The highest BCUT2D eigenvalue weighted by atomic mass is 32.2. The van der Waals surface area contributed by atoms with E-state index >= 15 is 0 Å². The molecule has 0 bridgehead atoms.